The van der Waals surface area contributed by atoms with Crippen molar-refractivity contribution in [2.45, 2.75) is 12.8 Å². The van der Waals surface area contributed by atoms with Crippen LogP contribution in [-0.2, 0) is 17.6 Å². The Balaban J connectivity index is 1.95. The van der Waals surface area contributed by atoms with E-state index in [1.807, 2.05) is 0 Å². The fourth-order valence-electron chi connectivity index (χ4n) is 1.63. The van der Waals surface area contributed by atoms with Crippen LogP contribution in [0.5, 0.6) is 0 Å². The minimum absolute atomic E-state index is 0.101. The van der Waals surface area contributed by atoms with Gasteiger partial charge in [0, 0.05) is 0 Å². The Labute approximate surface area is 118 Å². The largest absolute Gasteiger partial charge is 0.416 e. The summed E-state index contributed by atoms with van der Waals surface area (Å²) in [4.78, 5) is 4.91. The summed E-state index contributed by atoms with van der Waals surface area (Å²) in [6.07, 6.45) is -3.10. The van der Waals surface area contributed by atoms with Gasteiger partial charge in [0.05, 0.1) is 11.8 Å². The van der Waals surface area contributed by atoms with Gasteiger partial charge < -0.3 is 4.84 Å². The number of hydrogen-bond acceptors (Lipinski definition) is 2. The van der Waals surface area contributed by atoms with Gasteiger partial charge in [-0.2, -0.15) is 13.2 Å². The molecule has 0 unspecified atom stereocenters. The van der Waals surface area contributed by atoms with Gasteiger partial charge in [-0.1, -0.05) is 29.4 Å². The molecule has 21 heavy (non-hydrogen) atoms. The zero-order valence-electron chi connectivity index (χ0n) is 10.8. The van der Waals surface area contributed by atoms with Crippen molar-refractivity contribution < 1.29 is 22.4 Å². The van der Waals surface area contributed by atoms with Crippen molar-refractivity contribution in [3.8, 4) is 0 Å². The average molecular weight is 297 g/mol. The highest BCUT2D eigenvalue weighted by atomic mass is 19.4. The van der Waals surface area contributed by atoms with E-state index >= 15 is 0 Å². The topological polar surface area (TPSA) is 21.6 Å². The molecule has 0 aliphatic carbocycles. The molecule has 0 heterocycles. The zero-order valence-corrected chi connectivity index (χ0v) is 10.8. The Kier molecular flexibility index (Phi) is 4.57. The Morgan fingerprint density at radius 2 is 1.81 bits per heavy atom. The molecule has 0 aliphatic rings. The zero-order chi connectivity index (χ0) is 15.3. The molecule has 0 bridgehead atoms. The third-order valence-electron chi connectivity index (χ3n) is 2.61. The van der Waals surface area contributed by atoms with E-state index in [4.69, 9.17) is 4.84 Å². The molecule has 0 radical (unpaired) electrons. The van der Waals surface area contributed by atoms with E-state index in [0.717, 1.165) is 12.1 Å². The van der Waals surface area contributed by atoms with Gasteiger partial charge in [0.2, 0.25) is 0 Å². The summed E-state index contributed by atoms with van der Waals surface area (Å²) in [5.74, 6) is -0.406. The van der Waals surface area contributed by atoms with Gasteiger partial charge in [-0.3, -0.25) is 0 Å². The van der Waals surface area contributed by atoms with Gasteiger partial charge in [0.25, 0.3) is 0 Å². The van der Waals surface area contributed by atoms with Gasteiger partial charge in [-0.15, -0.1) is 0 Å². The highest BCUT2D eigenvalue weighted by molar-refractivity contribution is 5.78. The Hall–Kier alpha value is -2.37. The fraction of sp³-hybridized carbons (Fsp3) is 0.133. The normalized spacial score (nSPS) is 11.8. The predicted octanol–water partition coefficient (Wildman–Crippen LogP) is 4.40. The molecule has 0 aliphatic heterocycles. The minimum atomic E-state index is -4.39. The van der Waals surface area contributed by atoms with Crippen molar-refractivity contribution in [3.05, 3.63) is 71.0 Å². The SMILES string of the molecule is Fc1cccc(C=NOCc2cccc(C(F)(F)F)c2)c1. The maximum Gasteiger partial charge on any atom is 0.416 e. The number of halogens is 4. The first-order chi connectivity index (χ1) is 9.95. The third kappa shape index (κ3) is 4.59. The van der Waals surface area contributed by atoms with Crippen LogP contribution < -0.4 is 0 Å². The van der Waals surface area contributed by atoms with Gasteiger partial charge in [-0.25, -0.2) is 4.39 Å². The Morgan fingerprint density at radius 3 is 2.52 bits per heavy atom. The van der Waals surface area contributed by atoms with Crippen LogP contribution in [0.1, 0.15) is 16.7 Å². The lowest BCUT2D eigenvalue weighted by molar-refractivity contribution is -0.137. The summed E-state index contributed by atoms with van der Waals surface area (Å²) in [7, 11) is 0. The van der Waals surface area contributed by atoms with E-state index < -0.39 is 17.6 Å². The highest BCUT2D eigenvalue weighted by Crippen LogP contribution is 2.29. The molecule has 6 heteroatoms. The van der Waals surface area contributed by atoms with Crippen LogP contribution in [0, 0.1) is 5.82 Å². The van der Waals surface area contributed by atoms with Crippen LogP contribution in [-0.4, -0.2) is 6.21 Å². The van der Waals surface area contributed by atoms with Crippen molar-refractivity contribution in [3.63, 3.8) is 0 Å². The van der Waals surface area contributed by atoms with Crippen molar-refractivity contribution in [1.29, 1.82) is 0 Å². The summed E-state index contributed by atoms with van der Waals surface area (Å²) in [6.45, 7) is -0.101. The Morgan fingerprint density at radius 1 is 1.05 bits per heavy atom. The standard InChI is InChI=1S/C15H11F4NO/c16-14-6-2-3-11(8-14)9-20-21-10-12-4-1-5-13(7-12)15(17,18)19/h1-9H,10H2. The lowest BCUT2D eigenvalue weighted by Crippen LogP contribution is -2.05. The molecule has 0 N–H and O–H groups in total. The van der Waals surface area contributed by atoms with Crippen LogP contribution in [0.15, 0.2) is 53.7 Å². The van der Waals surface area contributed by atoms with E-state index in [0.29, 0.717) is 11.1 Å². The highest BCUT2D eigenvalue weighted by Gasteiger charge is 2.30. The first kappa shape index (κ1) is 15.0. The van der Waals surface area contributed by atoms with Crippen molar-refractivity contribution in [2.75, 3.05) is 0 Å². The molecule has 0 fully saturated rings. The van der Waals surface area contributed by atoms with Crippen LogP contribution in [0.25, 0.3) is 0 Å². The number of hydrogen-bond donors (Lipinski definition) is 0. The van der Waals surface area contributed by atoms with Crippen LogP contribution in [0.3, 0.4) is 0 Å². The van der Waals surface area contributed by atoms with E-state index in [-0.39, 0.29) is 6.61 Å². The number of benzene rings is 2. The monoisotopic (exact) mass is 297 g/mol. The molecule has 2 aromatic carbocycles. The van der Waals surface area contributed by atoms with Crippen molar-refractivity contribution in [2.24, 2.45) is 5.16 Å². The second-order valence-corrected chi connectivity index (χ2v) is 4.26. The summed E-state index contributed by atoms with van der Waals surface area (Å²) in [5.41, 5.74) is 0.109. The number of nitrogens with zero attached hydrogens (tertiary/aromatic N) is 1. The number of alkyl halides is 3. The second-order valence-electron chi connectivity index (χ2n) is 4.26. The lowest BCUT2D eigenvalue weighted by atomic mass is 10.1. The van der Waals surface area contributed by atoms with Gasteiger partial charge in [-0.05, 0) is 35.4 Å². The molecule has 2 nitrogen and oxygen atoms in total. The van der Waals surface area contributed by atoms with Crippen LogP contribution >= 0.6 is 0 Å². The predicted molar refractivity (Wildman–Crippen MR) is 70.2 cm³/mol. The van der Waals surface area contributed by atoms with E-state index in [1.54, 1.807) is 6.07 Å². The molecular weight excluding hydrogens is 286 g/mol. The smallest absolute Gasteiger partial charge is 0.391 e. The average Bonchev–Trinajstić information content (AvgIpc) is 2.43. The van der Waals surface area contributed by atoms with Gasteiger partial charge in [0.15, 0.2) is 0 Å². The minimum Gasteiger partial charge on any atom is -0.391 e. The molecular formula is C15H11F4NO. The number of oxime groups is 1. The third-order valence-corrected chi connectivity index (χ3v) is 2.61. The van der Waals surface area contributed by atoms with Crippen molar-refractivity contribution in [1.82, 2.24) is 0 Å². The molecule has 0 saturated heterocycles. The molecule has 110 valence electrons. The second kappa shape index (κ2) is 6.39. The molecule has 0 saturated carbocycles. The van der Waals surface area contributed by atoms with E-state index in [1.165, 1.54) is 36.5 Å². The summed E-state index contributed by atoms with van der Waals surface area (Å²) < 4.78 is 50.4. The first-order valence-corrected chi connectivity index (χ1v) is 6.02. The molecule has 0 amide bonds. The van der Waals surface area contributed by atoms with Crippen molar-refractivity contribution >= 4 is 6.21 Å². The fourth-order valence-corrected chi connectivity index (χ4v) is 1.63. The molecule has 2 aromatic rings. The summed E-state index contributed by atoms with van der Waals surface area (Å²) in [5, 5.41) is 3.60. The molecule has 0 spiro atoms. The van der Waals surface area contributed by atoms with Gasteiger partial charge in [0.1, 0.15) is 12.4 Å². The quantitative estimate of drug-likeness (QED) is 0.466. The van der Waals surface area contributed by atoms with Crippen LogP contribution in [0.2, 0.25) is 0 Å². The summed E-state index contributed by atoms with van der Waals surface area (Å²) >= 11 is 0. The molecule has 0 aromatic heterocycles. The summed E-state index contributed by atoms with van der Waals surface area (Å²) in [6, 6.07) is 10.5. The first-order valence-electron chi connectivity index (χ1n) is 6.02. The maximum absolute atomic E-state index is 12.9. The number of rotatable bonds is 4. The van der Waals surface area contributed by atoms with Crippen LogP contribution in [0.4, 0.5) is 17.6 Å². The van der Waals surface area contributed by atoms with E-state index in [2.05, 4.69) is 5.16 Å². The van der Waals surface area contributed by atoms with E-state index in [9.17, 15) is 17.6 Å². The molecule has 2 rings (SSSR count). The van der Waals surface area contributed by atoms with Gasteiger partial charge >= 0.3 is 6.18 Å². The lowest BCUT2D eigenvalue weighted by Gasteiger charge is -2.07. The maximum atomic E-state index is 12.9. The molecule has 0 atom stereocenters. The Bertz CT molecular complexity index is 638.